The zero-order valence-electron chi connectivity index (χ0n) is 24.4. The molecule has 1 unspecified atom stereocenters. The highest BCUT2D eigenvalue weighted by Gasteiger charge is 2.49. The van der Waals surface area contributed by atoms with Crippen LogP contribution in [0.3, 0.4) is 0 Å². The van der Waals surface area contributed by atoms with Crippen molar-refractivity contribution in [1.82, 2.24) is 19.3 Å². The summed E-state index contributed by atoms with van der Waals surface area (Å²) in [6, 6.07) is 0.240. The van der Waals surface area contributed by atoms with Crippen LogP contribution < -0.4 is 16.2 Å². The number of aryl methyl sites for hydroxylation is 1. The van der Waals surface area contributed by atoms with Gasteiger partial charge in [-0.15, -0.1) is 0 Å². The number of fused-ring (bicyclic) bond motifs is 1. The van der Waals surface area contributed by atoms with E-state index in [0.717, 1.165) is 16.7 Å². The number of benzene rings is 1. The second-order valence-electron chi connectivity index (χ2n) is 11.2. The molecule has 0 radical (unpaired) electrons. The van der Waals surface area contributed by atoms with Gasteiger partial charge < -0.3 is 24.7 Å². The number of amides is 1. The molecule has 3 N–H and O–H groups in total. The lowest BCUT2D eigenvalue weighted by molar-refractivity contribution is -0.146. The molecule has 1 saturated carbocycles. The summed E-state index contributed by atoms with van der Waals surface area (Å²) in [7, 11) is 1.29. The lowest BCUT2D eigenvalue weighted by Gasteiger charge is -2.23. The van der Waals surface area contributed by atoms with E-state index in [1.54, 1.807) is 0 Å². The third kappa shape index (κ3) is 6.64. The quantitative estimate of drug-likeness (QED) is 0.203. The van der Waals surface area contributed by atoms with Gasteiger partial charge in [-0.3, -0.25) is 9.59 Å². The second kappa shape index (κ2) is 12.0. The number of rotatable bonds is 9. The predicted octanol–water partition coefficient (Wildman–Crippen LogP) is 5.48. The summed E-state index contributed by atoms with van der Waals surface area (Å²) in [4.78, 5) is 42.0. The third-order valence-corrected chi connectivity index (χ3v) is 7.93. The number of carboxylic acids is 1. The van der Waals surface area contributed by atoms with Crippen molar-refractivity contribution in [2.45, 2.75) is 50.6 Å². The Labute approximate surface area is 259 Å². The van der Waals surface area contributed by atoms with Crippen LogP contribution in [0.4, 0.5) is 40.8 Å². The molecule has 0 spiro atoms. The summed E-state index contributed by atoms with van der Waals surface area (Å²) in [5, 5.41) is 13.8. The average Bonchev–Trinajstić information content (AvgIpc) is 3.67. The van der Waals surface area contributed by atoms with Crippen molar-refractivity contribution in [3.05, 3.63) is 87.2 Å². The van der Waals surface area contributed by atoms with Crippen molar-refractivity contribution in [2.24, 2.45) is 13.0 Å². The lowest BCUT2D eigenvalue weighted by Crippen LogP contribution is -2.43. The maximum absolute atomic E-state index is 14.9. The molecule has 47 heavy (non-hydrogen) atoms. The molecule has 2 atom stereocenters. The van der Waals surface area contributed by atoms with Crippen LogP contribution in [0.5, 0.6) is 0 Å². The van der Waals surface area contributed by atoms with Crippen LogP contribution in [0.1, 0.15) is 40.2 Å². The van der Waals surface area contributed by atoms with E-state index in [9.17, 15) is 54.6 Å². The molecule has 1 aliphatic carbocycles. The molecule has 3 aromatic heterocycles. The number of carboxylic acid groups (broad SMARTS) is 1. The number of nitrogens with one attached hydrogen (secondary N) is 2. The minimum atomic E-state index is -4.91. The van der Waals surface area contributed by atoms with Crippen molar-refractivity contribution >= 4 is 23.2 Å². The zero-order chi connectivity index (χ0) is 34.6. The van der Waals surface area contributed by atoms with Gasteiger partial charge in [-0.05, 0) is 56.0 Å². The van der Waals surface area contributed by atoms with Crippen molar-refractivity contribution in [3.63, 3.8) is 0 Å². The summed E-state index contributed by atoms with van der Waals surface area (Å²) in [5.41, 5.74) is -4.91. The molecule has 0 aliphatic heterocycles. The highest BCUT2D eigenvalue weighted by Crippen LogP contribution is 2.42. The SMILES string of the molecule is Cc1cc(C(F)(F)F)c(-c2ccc(CC(NC(=O)c3c(F)cc(N[C@H](C4CC4)C(F)(F)F)cc3F)C(=O)O)n3ccnc23)c(=O)n1C. The van der Waals surface area contributed by atoms with Gasteiger partial charge in [0.05, 0.1) is 11.1 Å². The molecular weight excluding hydrogens is 646 g/mol. The first-order valence-corrected chi connectivity index (χ1v) is 14.0. The highest BCUT2D eigenvalue weighted by molar-refractivity contribution is 5.97. The number of hydrogen-bond donors (Lipinski definition) is 3. The van der Waals surface area contributed by atoms with Crippen LogP contribution in [-0.4, -0.2) is 49.2 Å². The first-order valence-electron chi connectivity index (χ1n) is 14.0. The van der Waals surface area contributed by atoms with Crippen molar-refractivity contribution in [2.75, 3.05) is 5.32 Å². The van der Waals surface area contributed by atoms with Gasteiger partial charge in [0.1, 0.15) is 34.9 Å². The number of imidazole rings is 1. The number of aromatic nitrogens is 3. The minimum absolute atomic E-state index is 0.0460. The molecule has 1 fully saturated rings. The zero-order valence-corrected chi connectivity index (χ0v) is 24.4. The third-order valence-electron chi connectivity index (χ3n) is 7.93. The van der Waals surface area contributed by atoms with E-state index in [-0.39, 0.29) is 35.4 Å². The highest BCUT2D eigenvalue weighted by atomic mass is 19.4. The van der Waals surface area contributed by atoms with E-state index in [4.69, 9.17) is 0 Å². The van der Waals surface area contributed by atoms with Crippen LogP contribution in [0.25, 0.3) is 16.8 Å². The Morgan fingerprint density at radius 1 is 1.06 bits per heavy atom. The number of carbonyl (C=O) groups is 2. The summed E-state index contributed by atoms with van der Waals surface area (Å²) >= 11 is 0. The number of carbonyl (C=O) groups excluding carboxylic acids is 1. The molecular formula is C30H25F8N5O4. The maximum atomic E-state index is 14.9. The number of nitrogens with zero attached hydrogens (tertiary/aromatic N) is 3. The molecule has 1 aliphatic rings. The summed E-state index contributed by atoms with van der Waals surface area (Å²) in [6.07, 6.45) is -7.17. The summed E-state index contributed by atoms with van der Waals surface area (Å²) in [5.74, 6) is -7.05. The fourth-order valence-electron chi connectivity index (χ4n) is 5.32. The van der Waals surface area contributed by atoms with Crippen LogP contribution in [0.15, 0.2) is 47.5 Å². The fourth-order valence-corrected chi connectivity index (χ4v) is 5.32. The fraction of sp³-hybridized carbons (Fsp3) is 0.333. The molecule has 1 amide bonds. The molecule has 4 aromatic rings. The van der Waals surface area contributed by atoms with Gasteiger partial charge in [0, 0.05) is 48.5 Å². The Bertz CT molecular complexity index is 1920. The molecule has 0 bridgehead atoms. The van der Waals surface area contributed by atoms with Gasteiger partial charge in [0.15, 0.2) is 0 Å². The van der Waals surface area contributed by atoms with E-state index in [0.29, 0.717) is 12.1 Å². The van der Waals surface area contributed by atoms with Crippen LogP contribution in [-0.2, 0) is 24.4 Å². The number of hydrogen-bond acceptors (Lipinski definition) is 5. The Kier molecular flexibility index (Phi) is 8.53. The number of halogens is 8. The normalized spacial score (nSPS) is 15.0. The number of alkyl halides is 6. The number of aliphatic carboxylic acids is 1. The van der Waals surface area contributed by atoms with Crippen LogP contribution in [0.2, 0.25) is 0 Å². The minimum Gasteiger partial charge on any atom is -0.480 e. The topological polar surface area (TPSA) is 118 Å². The molecule has 1 aromatic carbocycles. The van der Waals surface area contributed by atoms with E-state index in [1.807, 2.05) is 10.6 Å². The molecule has 0 saturated heterocycles. The molecule has 250 valence electrons. The maximum Gasteiger partial charge on any atom is 0.417 e. The number of anilines is 1. The van der Waals surface area contributed by atoms with Gasteiger partial charge in [0.25, 0.3) is 11.5 Å². The van der Waals surface area contributed by atoms with E-state index in [1.165, 1.54) is 36.8 Å². The lowest BCUT2D eigenvalue weighted by atomic mass is 9.99. The molecule has 17 heteroatoms. The van der Waals surface area contributed by atoms with Gasteiger partial charge in [-0.2, -0.15) is 26.3 Å². The first-order chi connectivity index (χ1) is 21.9. The predicted molar refractivity (Wildman–Crippen MR) is 151 cm³/mol. The standard InChI is InChI=1S/C30H25F8N5O4/c1-13-9-18(29(33,34)35)22(27(45)42(13)2)17-6-5-16(43-8-7-39-25(17)43)12-21(28(46)47)41-26(44)23-19(31)10-15(11-20(23)32)40-24(14-3-4-14)30(36,37)38/h5-11,14,21,24,40H,3-4,12H2,1-2H3,(H,41,44)(H,46,47)/t21?,24-/m1/s1. The Morgan fingerprint density at radius 3 is 2.26 bits per heavy atom. The molecule has 3 heterocycles. The summed E-state index contributed by atoms with van der Waals surface area (Å²) < 4.78 is 114. The molecule has 5 rings (SSSR count). The monoisotopic (exact) mass is 671 g/mol. The Hall–Kier alpha value is -4.96. The molecule has 9 nitrogen and oxygen atoms in total. The van der Waals surface area contributed by atoms with Gasteiger partial charge in [0.2, 0.25) is 0 Å². The van der Waals surface area contributed by atoms with E-state index < -0.39 is 88.2 Å². The smallest absolute Gasteiger partial charge is 0.417 e. The van der Waals surface area contributed by atoms with Crippen molar-refractivity contribution in [3.8, 4) is 11.1 Å². The van der Waals surface area contributed by atoms with E-state index in [2.05, 4.69) is 4.98 Å². The van der Waals surface area contributed by atoms with Gasteiger partial charge in [-0.25, -0.2) is 18.6 Å². The summed E-state index contributed by atoms with van der Waals surface area (Å²) in [6.45, 7) is 1.33. The van der Waals surface area contributed by atoms with E-state index >= 15 is 0 Å². The first kappa shape index (κ1) is 33.4. The second-order valence-corrected chi connectivity index (χ2v) is 11.2. The Balaban J connectivity index is 1.44. The van der Waals surface area contributed by atoms with Crippen LogP contribution in [0, 0.1) is 24.5 Å². The van der Waals surface area contributed by atoms with Crippen molar-refractivity contribution in [1.29, 1.82) is 0 Å². The van der Waals surface area contributed by atoms with Crippen molar-refractivity contribution < 1.29 is 49.8 Å². The average molecular weight is 672 g/mol. The van der Waals surface area contributed by atoms with Gasteiger partial charge >= 0.3 is 18.3 Å². The van der Waals surface area contributed by atoms with Crippen LogP contribution >= 0.6 is 0 Å². The van der Waals surface area contributed by atoms with Gasteiger partial charge in [-0.1, -0.05) is 0 Å². The Morgan fingerprint density at radius 2 is 1.70 bits per heavy atom. The number of pyridine rings is 2. The largest absolute Gasteiger partial charge is 0.480 e.